The number of imidazole rings is 1. The van der Waals surface area contributed by atoms with Gasteiger partial charge in [0.15, 0.2) is 0 Å². The number of hydrogen-bond donors (Lipinski definition) is 0. The molecule has 2 aromatic heterocycles. The predicted molar refractivity (Wildman–Crippen MR) is 240 cm³/mol. The quantitative estimate of drug-likeness (QED) is 0.156. The van der Waals surface area contributed by atoms with Crippen molar-refractivity contribution in [3.05, 3.63) is 194 Å². The fourth-order valence-electron chi connectivity index (χ4n) is 8.80. The molecular weight excluding hydrogens is 697 g/mol. The van der Waals surface area contributed by atoms with Crippen LogP contribution >= 0.6 is 11.3 Å². The third kappa shape index (κ3) is 5.20. The normalized spacial score (nSPS) is 11.7. The molecule has 264 valence electrons. The number of aryl methyl sites for hydroxylation is 1. The average molecular weight is 733 g/mol. The second kappa shape index (κ2) is 13.2. The monoisotopic (exact) mass is 732 g/mol. The molecule has 3 heteroatoms. The maximum atomic E-state index is 5.00. The van der Waals surface area contributed by atoms with Crippen LogP contribution in [0.25, 0.3) is 103 Å². The van der Waals surface area contributed by atoms with Crippen molar-refractivity contribution in [2.75, 3.05) is 0 Å². The van der Waals surface area contributed by atoms with E-state index in [1.54, 1.807) is 0 Å². The summed E-state index contributed by atoms with van der Waals surface area (Å²) >= 11 is 1.87. The van der Waals surface area contributed by atoms with E-state index < -0.39 is 0 Å². The fraction of sp³-hybridized carbons (Fsp3) is 0.0377. The van der Waals surface area contributed by atoms with Gasteiger partial charge in [0.05, 0.1) is 16.7 Å². The van der Waals surface area contributed by atoms with Crippen molar-refractivity contribution in [3.63, 3.8) is 0 Å². The number of hydrogen-bond acceptors (Lipinski definition) is 2. The van der Waals surface area contributed by atoms with E-state index in [2.05, 4.69) is 200 Å². The summed E-state index contributed by atoms with van der Waals surface area (Å²) in [5, 5.41) is 7.65. The molecule has 0 bridgehead atoms. The molecule has 11 rings (SSSR count). The molecule has 11 aromatic rings. The van der Waals surface area contributed by atoms with Gasteiger partial charge >= 0.3 is 0 Å². The Kier molecular flexibility index (Phi) is 7.68. The van der Waals surface area contributed by atoms with Crippen LogP contribution in [0.4, 0.5) is 0 Å². The van der Waals surface area contributed by atoms with E-state index in [1.165, 1.54) is 86.2 Å². The van der Waals surface area contributed by atoms with Crippen LogP contribution in [-0.2, 0) is 6.42 Å². The van der Waals surface area contributed by atoms with E-state index in [9.17, 15) is 0 Å². The van der Waals surface area contributed by atoms with E-state index in [-0.39, 0.29) is 0 Å². The van der Waals surface area contributed by atoms with Crippen molar-refractivity contribution < 1.29 is 0 Å². The number of aromatic nitrogens is 2. The molecule has 0 aliphatic heterocycles. The minimum Gasteiger partial charge on any atom is -0.296 e. The summed E-state index contributed by atoms with van der Waals surface area (Å²) in [6.07, 6.45) is 0.849. The SMILES string of the molecule is CCc1nc2ccccc2n1-c1ccccc1-c1ccc(-c2c3ccccc3c(-c3ccc4sc5ccccc5c4c3)c3cc(-c4ccccc4)ccc23)cc1. The smallest absolute Gasteiger partial charge is 0.114 e. The van der Waals surface area contributed by atoms with Crippen molar-refractivity contribution in [1.82, 2.24) is 9.55 Å². The van der Waals surface area contributed by atoms with Gasteiger partial charge < -0.3 is 0 Å². The first-order valence-electron chi connectivity index (χ1n) is 19.4. The topological polar surface area (TPSA) is 17.8 Å². The largest absolute Gasteiger partial charge is 0.296 e. The predicted octanol–water partition coefficient (Wildman–Crippen LogP) is 14.9. The molecule has 0 aliphatic carbocycles. The van der Waals surface area contributed by atoms with Gasteiger partial charge in [0.2, 0.25) is 0 Å². The maximum absolute atomic E-state index is 5.00. The van der Waals surface area contributed by atoms with Crippen LogP contribution in [-0.4, -0.2) is 9.55 Å². The summed E-state index contributed by atoms with van der Waals surface area (Å²) in [4.78, 5) is 5.00. The zero-order valence-electron chi connectivity index (χ0n) is 30.9. The first-order chi connectivity index (χ1) is 27.7. The molecule has 9 aromatic carbocycles. The maximum Gasteiger partial charge on any atom is 0.114 e. The highest BCUT2D eigenvalue weighted by Crippen LogP contribution is 2.47. The van der Waals surface area contributed by atoms with Gasteiger partial charge in [-0.25, -0.2) is 4.98 Å². The van der Waals surface area contributed by atoms with Crippen LogP contribution in [0, 0.1) is 0 Å². The van der Waals surface area contributed by atoms with Crippen LogP contribution in [0.5, 0.6) is 0 Å². The van der Waals surface area contributed by atoms with Crippen molar-refractivity contribution >= 4 is 64.1 Å². The van der Waals surface area contributed by atoms with E-state index in [0.717, 1.165) is 29.0 Å². The summed E-state index contributed by atoms with van der Waals surface area (Å²) in [6.45, 7) is 2.18. The molecule has 0 unspecified atom stereocenters. The Bertz CT molecular complexity index is 3280. The molecule has 2 nitrogen and oxygen atoms in total. The molecule has 0 spiro atoms. The van der Waals surface area contributed by atoms with Gasteiger partial charge in [0, 0.05) is 32.2 Å². The molecule has 0 aliphatic rings. The minimum absolute atomic E-state index is 0.849. The second-order valence-corrected chi connectivity index (χ2v) is 15.6. The Morgan fingerprint density at radius 2 is 1.02 bits per heavy atom. The molecule has 0 atom stereocenters. The number of thiophene rings is 1. The van der Waals surface area contributed by atoms with E-state index in [0.29, 0.717) is 0 Å². The molecule has 0 saturated heterocycles. The summed E-state index contributed by atoms with van der Waals surface area (Å²) in [5.41, 5.74) is 13.1. The van der Waals surface area contributed by atoms with E-state index >= 15 is 0 Å². The van der Waals surface area contributed by atoms with Crippen molar-refractivity contribution in [2.24, 2.45) is 0 Å². The summed E-state index contributed by atoms with van der Waals surface area (Å²) in [5.74, 6) is 1.06. The lowest BCUT2D eigenvalue weighted by Gasteiger charge is -2.19. The Hall–Kier alpha value is -6.81. The first kappa shape index (κ1) is 32.6. The van der Waals surface area contributed by atoms with Gasteiger partial charge in [0.1, 0.15) is 5.82 Å². The Morgan fingerprint density at radius 1 is 0.429 bits per heavy atom. The average Bonchev–Trinajstić information content (AvgIpc) is 3.84. The van der Waals surface area contributed by atoms with Crippen molar-refractivity contribution in [2.45, 2.75) is 13.3 Å². The lowest BCUT2D eigenvalue weighted by molar-refractivity contribution is 0.909. The molecular formula is C53H36N2S. The third-order valence-corrected chi connectivity index (χ3v) is 12.5. The van der Waals surface area contributed by atoms with Gasteiger partial charge in [-0.2, -0.15) is 0 Å². The lowest BCUT2D eigenvalue weighted by Crippen LogP contribution is -2.02. The van der Waals surface area contributed by atoms with E-state index in [1.807, 2.05) is 11.3 Å². The fourth-order valence-corrected chi connectivity index (χ4v) is 9.89. The lowest BCUT2D eigenvalue weighted by atomic mass is 9.84. The van der Waals surface area contributed by atoms with Crippen LogP contribution in [0.15, 0.2) is 188 Å². The highest BCUT2D eigenvalue weighted by Gasteiger charge is 2.20. The Balaban J connectivity index is 1.13. The Morgan fingerprint density at radius 3 is 1.84 bits per heavy atom. The molecule has 0 fully saturated rings. The third-order valence-electron chi connectivity index (χ3n) is 11.4. The summed E-state index contributed by atoms with van der Waals surface area (Å²) in [7, 11) is 0. The minimum atomic E-state index is 0.849. The zero-order chi connectivity index (χ0) is 37.2. The molecule has 56 heavy (non-hydrogen) atoms. The molecule has 0 radical (unpaired) electrons. The number of benzene rings is 9. The van der Waals surface area contributed by atoms with Crippen molar-refractivity contribution in [1.29, 1.82) is 0 Å². The molecule has 0 saturated carbocycles. The number of nitrogens with zero attached hydrogens (tertiary/aromatic N) is 2. The van der Waals surface area contributed by atoms with Crippen LogP contribution in [0.2, 0.25) is 0 Å². The van der Waals surface area contributed by atoms with Gasteiger partial charge in [-0.15, -0.1) is 11.3 Å². The highest BCUT2D eigenvalue weighted by molar-refractivity contribution is 7.25. The highest BCUT2D eigenvalue weighted by atomic mass is 32.1. The van der Waals surface area contributed by atoms with Crippen molar-refractivity contribution in [3.8, 4) is 50.2 Å². The Labute approximate surface area is 329 Å². The standard InChI is InChI=1S/C53H36N2S/c1-2-51-54-46-20-10-12-22-48(46)55(51)47-21-11-8-16-39(47)35-24-26-36(27-25-35)52-41-18-6-7-19-42(41)53(45-32-37(28-30-43(45)52)34-14-4-3-5-15-34)38-29-31-50-44(33-38)40-17-9-13-23-49(40)56-50/h3-33H,2H2,1H3. The van der Waals surface area contributed by atoms with Crippen LogP contribution in [0.1, 0.15) is 12.7 Å². The van der Waals surface area contributed by atoms with Crippen LogP contribution in [0.3, 0.4) is 0 Å². The molecule has 0 N–H and O–H groups in total. The number of para-hydroxylation sites is 3. The van der Waals surface area contributed by atoms with Gasteiger partial charge in [-0.05, 0) is 103 Å². The van der Waals surface area contributed by atoms with Gasteiger partial charge in [-0.3, -0.25) is 4.57 Å². The van der Waals surface area contributed by atoms with Gasteiger partial charge in [-0.1, -0.05) is 153 Å². The van der Waals surface area contributed by atoms with Crippen LogP contribution < -0.4 is 0 Å². The zero-order valence-corrected chi connectivity index (χ0v) is 31.7. The van der Waals surface area contributed by atoms with Gasteiger partial charge in [0.25, 0.3) is 0 Å². The summed E-state index contributed by atoms with van der Waals surface area (Å²) < 4.78 is 4.98. The summed E-state index contributed by atoms with van der Waals surface area (Å²) in [6, 6.07) is 69.0. The first-order valence-corrected chi connectivity index (χ1v) is 20.2. The van der Waals surface area contributed by atoms with E-state index in [4.69, 9.17) is 4.98 Å². The molecule has 0 amide bonds. The molecule has 2 heterocycles. The number of fused-ring (bicyclic) bond motifs is 6. The number of rotatable bonds is 6. The second-order valence-electron chi connectivity index (χ2n) is 14.5.